The SMILES string of the molecule is CCCOc1ccc(C([O-])=C2C(=O)C(=O)N(Cc3ccc[nH+]c3)C2c2ccc(C)o2)cc1. The number of aryl methyl sites for hydroxylation is 1. The maximum Gasteiger partial charge on any atom is 0.295 e. The van der Waals surface area contributed by atoms with Gasteiger partial charge in [0.25, 0.3) is 5.91 Å². The van der Waals surface area contributed by atoms with Gasteiger partial charge in [0.1, 0.15) is 23.3 Å². The number of Topliss-reactive ketones (excluding diaryl/α,β-unsaturated/α-hetero) is 1. The van der Waals surface area contributed by atoms with E-state index in [2.05, 4.69) is 4.98 Å². The number of furan rings is 1. The van der Waals surface area contributed by atoms with Crippen LogP contribution in [0.1, 0.15) is 42.0 Å². The second-order valence-electron chi connectivity index (χ2n) is 7.64. The van der Waals surface area contributed by atoms with Crippen molar-refractivity contribution in [2.24, 2.45) is 0 Å². The molecule has 0 aliphatic carbocycles. The van der Waals surface area contributed by atoms with E-state index in [4.69, 9.17) is 9.15 Å². The van der Waals surface area contributed by atoms with Crippen molar-refractivity contribution in [3.05, 3.63) is 89.1 Å². The third kappa shape index (κ3) is 4.14. The van der Waals surface area contributed by atoms with E-state index in [0.717, 1.165) is 12.0 Å². The molecule has 1 aliphatic heterocycles. The smallest absolute Gasteiger partial charge is 0.295 e. The highest BCUT2D eigenvalue weighted by atomic mass is 16.5. The fraction of sp³-hybridized carbons (Fsp3) is 0.240. The van der Waals surface area contributed by atoms with Crippen molar-refractivity contribution in [3.8, 4) is 5.75 Å². The standard InChI is InChI=1S/C25H24N2O5/c1-3-13-31-19-9-7-18(8-10-19)23(28)21-22(20-11-6-16(2)32-20)27(25(30)24(21)29)15-17-5-4-12-26-14-17/h4-12,14,22,28H,3,13,15H2,1-2H3. The van der Waals surface area contributed by atoms with Gasteiger partial charge in [-0.1, -0.05) is 24.8 Å². The zero-order valence-corrected chi connectivity index (χ0v) is 18.0. The van der Waals surface area contributed by atoms with Gasteiger partial charge < -0.3 is 19.2 Å². The van der Waals surface area contributed by atoms with Crippen LogP contribution in [0.2, 0.25) is 0 Å². The Kier molecular flexibility index (Phi) is 6.07. The fourth-order valence-electron chi connectivity index (χ4n) is 3.73. The summed E-state index contributed by atoms with van der Waals surface area (Å²) in [6.45, 7) is 4.51. The number of hydrogen-bond acceptors (Lipinski definition) is 5. The number of nitrogens with zero attached hydrogens (tertiary/aromatic N) is 1. The Balaban J connectivity index is 1.76. The summed E-state index contributed by atoms with van der Waals surface area (Å²) < 4.78 is 11.3. The van der Waals surface area contributed by atoms with Crippen LogP contribution in [0.5, 0.6) is 5.75 Å². The molecule has 32 heavy (non-hydrogen) atoms. The predicted molar refractivity (Wildman–Crippen MR) is 114 cm³/mol. The quantitative estimate of drug-likeness (QED) is 0.325. The average molecular weight is 432 g/mol. The van der Waals surface area contributed by atoms with Crippen LogP contribution in [0.25, 0.3) is 5.76 Å². The molecule has 0 spiro atoms. The normalized spacial score (nSPS) is 17.7. The second kappa shape index (κ2) is 9.09. The second-order valence-corrected chi connectivity index (χ2v) is 7.64. The summed E-state index contributed by atoms with van der Waals surface area (Å²) in [4.78, 5) is 30.3. The number of ether oxygens (including phenoxy) is 1. The molecule has 1 amide bonds. The minimum atomic E-state index is -0.896. The van der Waals surface area contributed by atoms with Gasteiger partial charge in [0, 0.05) is 17.2 Å². The molecule has 0 bridgehead atoms. The van der Waals surface area contributed by atoms with Crippen LogP contribution in [0.15, 0.2) is 70.9 Å². The van der Waals surface area contributed by atoms with Crippen molar-refractivity contribution in [3.63, 3.8) is 0 Å². The first kappa shape index (κ1) is 21.4. The van der Waals surface area contributed by atoms with Crippen LogP contribution >= 0.6 is 0 Å². The zero-order chi connectivity index (χ0) is 22.7. The lowest BCUT2D eigenvalue weighted by Crippen LogP contribution is -2.29. The maximum absolute atomic E-state index is 13.4. The first-order valence-corrected chi connectivity index (χ1v) is 10.5. The topological polar surface area (TPSA) is 97.0 Å². The maximum atomic E-state index is 13.4. The summed E-state index contributed by atoms with van der Waals surface area (Å²) in [6.07, 6.45) is 4.37. The molecule has 1 N–H and O–H groups in total. The lowest BCUT2D eigenvalue weighted by atomic mass is 9.99. The van der Waals surface area contributed by atoms with Crippen molar-refractivity contribution in [1.29, 1.82) is 0 Å². The Morgan fingerprint density at radius 3 is 2.56 bits per heavy atom. The van der Waals surface area contributed by atoms with Gasteiger partial charge in [0.2, 0.25) is 5.78 Å². The van der Waals surface area contributed by atoms with E-state index in [0.29, 0.717) is 29.4 Å². The number of rotatable bonds is 7. The van der Waals surface area contributed by atoms with Gasteiger partial charge in [-0.25, -0.2) is 4.98 Å². The summed E-state index contributed by atoms with van der Waals surface area (Å²) in [5.74, 6) is -0.370. The van der Waals surface area contributed by atoms with E-state index in [-0.39, 0.29) is 12.1 Å². The summed E-state index contributed by atoms with van der Waals surface area (Å²) in [5, 5.41) is 13.4. The van der Waals surface area contributed by atoms with E-state index >= 15 is 0 Å². The number of pyridine rings is 1. The Labute approximate surface area is 186 Å². The molecule has 4 rings (SSSR count). The summed E-state index contributed by atoms with van der Waals surface area (Å²) in [6, 6.07) is 12.8. The number of aromatic amines is 1. The molecule has 7 nitrogen and oxygen atoms in total. The Morgan fingerprint density at radius 2 is 1.94 bits per heavy atom. The molecule has 3 aromatic rings. The van der Waals surface area contributed by atoms with Crippen LogP contribution in [-0.4, -0.2) is 23.2 Å². The molecule has 7 heteroatoms. The predicted octanol–water partition coefficient (Wildman–Crippen LogP) is 2.62. The highest BCUT2D eigenvalue weighted by Gasteiger charge is 2.45. The third-order valence-electron chi connectivity index (χ3n) is 5.27. The molecular weight excluding hydrogens is 408 g/mol. The lowest BCUT2D eigenvalue weighted by molar-refractivity contribution is -0.378. The summed E-state index contributed by atoms with van der Waals surface area (Å²) in [7, 11) is 0. The number of H-pyrrole nitrogens is 1. The Bertz CT molecular complexity index is 1150. The van der Waals surface area contributed by atoms with Gasteiger partial charge in [-0.15, -0.1) is 0 Å². The van der Waals surface area contributed by atoms with Crippen molar-refractivity contribution in [2.75, 3.05) is 6.61 Å². The Morgan fingerprint density at radius 1 is 1.16 bits per heavy atom. The first-order valence-electron chi connectivity index (χ1n) is 10.5. The number of aromatic nitrogens is 1. The van der Waals surface area contributed by atoms with E-state index in [1.165, 1.54) is 4.90 Å². The number of amides is 1. The van der Waals surface area contributed by atoms with E-state index < -0.39 is 23.5 Å². The molecule has 1 aliphatic rings. The summed E-state index contributed by atoms with van der Waals surface area (Å²) in [5.41, 5.74) is 1.01. The molecule has 3 heterocycles. The molecular formula is C25H24N2O5. The number of hydrogen-bond donors (Lipinski definition) is 0. The highest BCUT2D eigenvalue weighted by Crippen LogP contribution is 2.40. The highest BCUT2D eigenvalue weighted by molar-refractivity contribution is 6.46. The van der Waals surface area contributed by atoms with Crippen LogP contribution in [0, 0.1) is 6.92 Å². The minimum absolute atomic E-state index is 0.105. The number of likely N-dealkylation sites (tertiary alicyclic amines) is 1. The van der Waals surface area contributed by atoms with E-state index in [1.807, 2.05) is 19.1 Å². The van der Waals surface area contributed by atoms with Gasteiger partial charge >= 0.3 is 0 Å². The fourth-order valence-corrected chi connectivity index (χ4v) is 3.73. The Hall–Kier alpha value is -3.87. The first-order chi connectivity index (χ1) is 15.5. The number of carbonyl (C=O) groups is 2. The molecule has 0 saturated carbocycles. The monoisotopic (exact) mass is 432 g/mol. The van der Waals surface area contributed by atoms with Crippen molar-refractivity contribution < 1.29 is 28.8 Å². The lowest BCUT2D eigenvalue weighted by Gasteiger charge is -2.25. The van der Waals surface area contributed by atoms with Gasteiger partial charge in [0.15, 0.2) is 12.4 Å². The van der Waals surface area contributed by atoms with Crippen molar-refractivity contribution >= 4 is 17.4 Å². The van der Waals surface area contributed by atoms with E-state index in [9.17, 15) is 14.7 Å². The van der Waals surface area contributed by atoms with Crippen molar-refractivity contribution in [1.82, 2.24) is 4.90 Å². The summed E-state index contributed by atoms with van der Waals surface area (Å²) >= 11 is 0. The molecule has 2 aromatic heterocycles. The molecule has 1 unspecified atom stereocenters. The number of nitrogens with one attached hydrogen (secondary N) is 1. The molecule has 1 aromatic carbocycles. The molecule has 0 radical (unpaired) electrons. The van der Waals surface area contributed by atoms with E-state index in [1.54, 1.807) is 55.7 Å². The van der Waals surface area contributed by atoms with Crippen LogP contribution in [-0.2, 0) is 16.1 Å². The van der Waals surface area contributed by atoms with Crippen molar-refractivity contribution in [2.45, 2.75) is 32.9 Å². The molecule has 1 atom stereocenters. The van der Waals surface area contributed by atoms with Crippen LogP contribution in [0.3, 0.4) is 0 Å². The number of ketones is 1. The van der Waals surface area contributed by atoms with Gasteiger partial charge in [0.05, 0.1) is 13.2 Å². The van der Waals surface area contributed by atoms with Crippen LogP contribution in [0.4, 0.5) is 0 Å². The average Bonchev–Trinajstić information content (AvgIpc) is 3.34. The largest absolute Gasteiger partial charge is 0.872 e. The molecule has 1 saturated heterocycles. The molecule has 1 fully saturated rings. The van der Waals surface area contributed by atoms with Gasteiger partial charge in [-0.05, 0) is 49.2 Å². The number of carbonyl (C=O) groups excluding carboxylic acids is 2. The molecule has 164 valence electrons. The number of benzene rings is 1. The van der Waals surface area contributed by atoms with Crippen LogP contribution < -0.4 is 14.8 Å². The zero-order valence-electron chi connectivity index (χ0n) is 18.0. The minimum Gasteiger partial charge on any atom is -0.872 e. The van der Waals surface area contributed by atoms with Gasteiger partial charge in [-0.2, -0.15) is 0 Å². The third-order valence-corrected chi connectivity index (χ3v) is 5.27. The van der Waals surface area contributed by atoms with Gasteiger partial charge in [-0.3, -0.25) is 9.59 Å².